The van der Waals surface area contributed by atoms with Gasteiger partial charge in [0.25, 0.3) is 0 Å². The van der Waals surface area contributed by atoms with Crippen molar-refractivity contribution in [2.45, 2.75) is 63.6 Å². The minimum Gasteiger partial charge on any atom is -0.624 e. The molecule has 2 fully saturated rings. The van der Waals surface area contributed by atoms with Crippen molar-refractivity contribution in [1.82, 2.24) is 0 Å². The monoisotopic (exact) mass is 257 g/mol. The van der Waals surface area contributed by atoms with E-state index in [9.17, 15) is 5.21 Å². The standard InChI is InChI=1S/C12H19NO5/c1-11(2)15-6-8(17-11)9-10-7(5-13(9)14)16-12(3,4)18-10/h5,7-10H,6H2,1-4H3/t7-,8?,9?,10-/m1/s1. The topological polar surface area (TPSA) is 63.0 Å². The first-order valence-corrected chi connectivity index (χ1v) is 6.25. The second-order valence-electron chi connectivity index (χ2n) is 5.93. The molecule has 2 unspecified atom stereocenters. The Morgan fingerprint density at radius 3 is 2.44 bits per heavy atom. The molecule has 0 radical (unpaired) electrons. The van der Waals surface area contributed by atoms with Gasteiger partial charge in [-0.1, -0.05) is 0 Å². The third kappa shape index (κ3) is 1.93. The maximum atomic E-state index is 12.0. The van der Waals surface area contributed by atoms with Crippen LogP contribution in [0.3, 0.4) is 0 Å². The smallest absolute Gasteiger partial charge is 0.220 e. The Morgan fingerprint density at radius 2 is 1.83 bits per heavy atom. The normalized spacial score (nSPS) is 45.0. The first-order valence-electron chi connectivity index (χ1n) is 6.25. The Labute approximate surface area is 106 Å². The number of fused-ring (bicyclic) bond motifs is 1. The number of hydroxylamine groups is 1. The van der Waals surface area contributed by atoms with E-state index in [4.69, 9.17) is 18.9 Å². The average molecular weight is 257 g/mol. The molecule has 3 aliphatic rings. The molecule has 3 rings (SSSR count). The zero-order chi connectivity index (χ0) is 13.1. The van der Waals surface area contributed by atoms with Gasteiger partial charge < -0.3 is 24.2 Å². The Balaban J connectivity index is 1.79. The van der Waals surface area contributed by atoms with Gasteiger partial charge >= 0.3 is 0 Å². The number of ether oxygens (including phenoxy) is 4. The van der Waals surface area contributed by atoms with E-state index in [0.717, 1.165) is 4.74 Å². The van der Waals surface area contributed by atoms with E-state index >= 15 is 0 Å². The van der Waals surface area contributed by atoms with Gasteiger partial charge in [0, 0.05) is 0 Å². The predicted molar refractivity (Wildman–Crippen MR) is 62.2 cm³/mol. The molecule has 18 heavy (non-hydrogen) atoms. The van der Waals surface area contributed by atoms with E-state index in [0.29, 0.717) is 6.61 Å². The summed E-state index contributed by atoms with van der Waals surface area (Å²) in [5, 5.41) is 12.0. The van der Waals surface area contributed by atoms with Crippen molar-refractivity contribution in [2.75, 3.05) is 6.61 Å². The molecule has 0 aromatic carbocycles. The lowest BCUT2D eigenvalue weighted by Crippen LogP contribution is -2.45. The SMILES string of the molecule is CC1(C)OCC(C2[C@@H]3OC(C)(C)O[C@@H]3C=[N+]2[O-])O1. The molecule has 102 valence electrons. The molecule has 0 saturated carbocycles. The lowest BCUT2D eigenvalue weighted by molar-refractivity contribution is -0.514. The van der Waals surface area contributed by atoms with Crippen LogP contribution < -0.4 is 0 Å². The highest BCUT2D eigenvalue weighted by Crippen LogP contribution is 2.37. The molecule has 6 heteroatoms. The molecule has 6 nitrogen and oxygen atoms in total. The van der Waals surface area contributed by atoms with Crippen molar-refractivity contribution in [3.8, 4) is 0 Å². The van der Waals surface area contributed by atoms with Gasteiger partial charge in [-0.3, -0.25) is 0 Å². The summed E-state index contributed by atoms with van der Waals surface area (Å²) >= 11 is 0. The Hall–Kier alpha value is -0.690. The Morgan fingerprint density at radius 1 is 1.11 bits per heavy atom. The lowest BCUT2D eigenvalue weighted by Gasteiger charge is -2.25. The first kappa shape index (κ1) is 12.3. The van der Waals surface area contributed by atoms with Crippen molar-refractivity contribution >= 4 is 6.21 Å². The van der Waals surface area contributed by atoms with Gasteiger partial charge in [-0.05, 0) is 27.7 Å². The van der Waals surface area contributed by atoms with E-state index in [2.05, 4.69) is 0 Å². The van der Waals surface area contributed by atoms with Gasteiger partial charge in [0.1, 0.15) is 6.10 Å². The molecule has 0 bridgehead atoms. The minimum atomic E-state index is -0.652. The van der Waals surface area contributed by atoms with Crippen LogP contribution in [-0.2, 0) is 18.9 Å². The quantitative estimate of drug-likeness (QED) is 0.509. The summed E-state index contributed by atoms with van der Waals surface area (Å²) in [5.41, 5.74) is 0. The summed E-state index contributed by atoms with van der Waals surface area (Å²) in [4.78, 5) is 0. The molecule has 0 aromatic heterocycles. The van der Waals surface area contributed by atoms with Crippen LogP contribution >= 0.6 is 0 Å². The number of hydrogen-bond donors (Lipinski definition) is 0. The molecule has 3 aliphatic heterocycles. The largest absolute Gasteiger partial charge is 0.624 e. The molecule has 0 aliphatic carbocycles. The maximum absolute atomic E-state index is 12.0. The van der Waals surface area contributed by atoms with Crippen LogP contribution in [0.25, 0.3) is 0 Å². The summed E-state index contributed by atoms with van der Waals surface area (Å²) in [6.07, 6.45) is 0.648. The summed E-state index contributed by atoms with van der Waals surface area (Å²) in [7, 11) is 0. The molecular weight excluding hydrogens is 238 g/mol. The van der Waals surface area contributed by atoms with Gasteiger partial charge in [-0.2, -0.15) is 0 Å². The van der Waals surface area contributed by atoms with Crippen LogP contribution in [0.2, 0.25) is 0 Å². The highest BCUT2D eigenvalue weighted by Gasteiger charge is 2.58. The summed E-state index contributed by atoms with van der Waals surface area (Å²) in [6, 6.07) is -0.404. The molecule has 0 spiro atoms. The van der Waals surface area contributed by atoms with Crippen LogP contribution in [0.15, 0.2) is 0 Å². The number of hydrogen-bond acceptors (Lipinski definition) is 5. The van der Waals surface area contributed by atoms with Gasteiger partial charge in [-0.25, -0.2) is 4.74 Å². The summed E-state index contributed by atoms with van der Waals surface area (Å²) < 4.78 is 23.6. The second kappa shape index (κ2) is 3.66. The number of rotatable bonds is 1. The molecule has 0 N–H and O–H groups in total. The van der Waals surface area contributed by atoms with Crippen molar-refractivity contribution in [1.29, 1.82) is 0 Å². The molecule has 0 aromatic rings. The zero-order valence-corrected chi connectivity index (χ0v) is 11.1. The fourth-order valence-corrected chi connectivity index (χ4v) is 2.84. The van der Waals surface area contributed by atoms with E-state index in [1.807, 2.05) is 27.7 Å². The van der Waals surface area contributed by atoms with Gasteiger partial charge in [0.15, 0.2) is 30.0 Å². The van der Waals surface area contributed by atoms with Crippen molar-refractivity contribution in [3.05, 3.63) is 5.21 Å². The Bertz CT molecular complexity index is 392. The maximum Gasteiger partial charge on any atom is 0.220 e. The number of nitrogens with zero attached hydrogens (tertiary/aromatic N) is 1. The lowest BCUT2D eigenvalue weighted by atomic mass is 10.1. The molecule has 3 heterocycles. The third-order valence-corrected chi connectivity index (χ3v) is 3.50. The Kier molecular flexibility index (Phi) is 2.51. The van der Waals surface area contributed by atoms with Crippen LogP contribution in [0.4, 0.5) is 0 Å². The minimum absolute atomic E-state index is 0.291. The highest BCUT2D eigenvalue weighted by molar-refractivity contribution is 5.62. The fourth-order valence-electron chi connectivity index (χ4n) is 2.84. The average Bonchev–Trinajstić information content (AvgIpc) is 2.75. The van der Waals surface area contributed by atoms with Crippen LogP contribution in [0.5, 0.6) is 0 Å². The van der Waals surface area contributed by atoms with Crippen molar-refractivity contribution in [2.24, 2.45) is 0 Å². The highest BCUT2D eigenvalue weighted by atomic mass is 16.8. The van der Waals surface area contributed by atoms with E-state index < -0.39 is 17.6 Å². The van der Waals surface area contributed by atoms with Crippen LogP contribution in [0, 0.1) is 5.21 Å². The second-order valence-corrected chi connectivity index (χ2v) is 5.93. The molecule has 2 saturated heterocycles. The third-order valence-electron chi connectivity index (χ3n) is 3.50. The summed E-state index contributed by atoms with van der Waals surface area (Å²) in [5.74, 6) is -1.29. The first-order chi connectivity index (χ1) is 8.27. The predicted octanol–water partition coefficient (Wildman–Crippen LogP) is 0.621. The summed E-state index contributed by atoms with van der Waals surface area (Å²) in [6.45, 7) is 7.78. The molecule has 4 atom stereocenters. The van der Waals surface area contributed by atoms with Crippen LogP contribution in [0.1, 0.15) is 27.7 Å². The van der Waals surface area contributed by atoms with Crippen molar-refractivity contribution in [3.63, 3.8) is 0 Å². The van der Waals surface area contributed by atoms with Crippen LogP contribution in [-0.4, -0.2) is 53.5 Å². The van der Waals surface area contributed by atoms with E-state index in [1.165, 1.54) is 6.21 Å². The van der Waals surface area contributed by atoms with Gasteiger partial charge in [0.05, 0.1) is 6.61 Å². The van der Waals surface area contributed by atoms with Gasteiger partial charge in [0.2, 0.25) is 6.04 Å². The molecular formula is C12H19NO5. The fraction of sp³-hybridized carbons (Fsp3) is 0.917. The van der Waals surface area contributed by atoms with Gasteiger partial charge in [-0.15, -0.1) is 0 Å². The van der Waals surface area contributed by atoms with E-state index in [-0.39, 0.29) is 18.3 Å². The van der Waals surface area contributed by atoms with Crippen molar-refractivity contribution < 1.29 is 23.7 Å². The zero-order valence-electron chi connectivity index (χ0n) is 11.1. The van der Waals surface area contributed by atoms with E-state index in [1.54, 1.807) is 0 Å². The molecule has 0 amide bonds.